The van der Waals surface area contributed by atoms with E-state index in [0.29, 0.717) is 35.0 Å². The molecule has 164 valence electrons. The summed E-state index contributed by atoms with van der Waals surface area (Å²) < 4.78 is 38.4. The van der Waals surface area contributed by atoms with Gasteiger partial charge in [-0.1, -0.05) is 19.4 Å². The molecule has 9 heteroatoms. The second-order valence-corrected chi connectivity index (χ2v) is 9.49. The number of carbonyl (C=O) groups is 1. The van der Waals surface area contributed by atoms with Crippen molar-refractivity contribution < 1.29 is 22.7 Å². The standard InChI is InChI=1S/C22H24N2O5S2/c1-3-4-13-29-20-12-11-18(28-2)15-19(20)23-22(25)16-7-9-17(10-8-16)24-31(26,27)21-6-5-14-30-21/h5-12,14-15,24H,3-4,13H2,1-2H3,(H,23,25). The molecule has 3 rings (SSSR count). The number of unbranched alkanes of at least 4 members (excludes halogenated alkanes) is 1. The quantitative estimate of drug-likeness (QED) is 0.416. The highest BCUT2D eigenvalue weighted by atomic mass is 32.2. The van der Waals surface area contributed by atoms with Crippen LogP contribution in [0.3, 0.4) is 0 Å². The molecular formula is C22H24N2O5S2. The Bertz CT molecular complexity index is 1110. The van der Waals surface area contributed by atoms with Gasteiger partial charge in [-0.15, -0.1) is 11.3 Å². The molecule has 0 saturated carbocycles. The molecule has 0 aliphatic carbocycles. The van der Waals surface area contributed by atoms with E-state index in [4.69, 9.17) is 9.47 Å². The van der Waals surface area contributed by atoms with Crippen LogP contribution in [0.15, 0.2) is 64.2 Å². The van der Waals surface area contributed by atoms with Crippen LogP contribution in [0, 0.1) is 0 Å². The summed E-state index contributed by atoms with van der Waals surface area (Å²) in [6, 6.07) is 14.6. The largest absolute Gasteiger partial charge is 0.497 e. The van der Waals surface area contributed by atoms with Gasteiger partial charge in [0.2, 0.25) is 0 Å². The summed E-state index contributed by atoms with van der Waals surface area (Å²) >= 11 is 1.13. The summed E-state index contributed by atoms with van der Waals surface area (Å²) in [6.07, 6.45) is 1.91. The monoisotopic (exact) mass is 460 g/mol. The molecule has 0 radical (unpaired) electrons. The molecule has 0 atom stereocenters. The zero-order valence-electron chi connectivity index (χ0n) is 17.3. The lowest BCUT2D eigenvalue weighted by atomic mass is 10.2. The van der Waals surface area contributed by atoms with Crippen molar-refractivity contribution in [2.45, 2.75) is 24.0 Å². The molecule has 7 nitrogen and oxygen atoms in total. The van der Waals surface area contributed by atoms with Gasteiger partial charge >= 0.3 is 0 Å². The number of thiophene rings is 1. The van der Waals surface area contributed by atoms with Crippen LogP contribution in [0.1, 0.15) is 30.1 Å². The van der Waals surface area contributed by atoms with Crippen molar-refractivity contribution in [2.24, 2.45) is 0 Å². The van der Waals surface area contributed by atoms with E-state index in [1.807, 2.05) is 0 Å². The lowest BCUT2D eigenvalue weighted by Crippen LogP contribution is -2.14. The highest BCUT2D eigenvalue weighted by Gasteiger charge is 2.16. The third kappa shape index (κ3) is 5.99. The predicted molar refractivity (Wildman–Crippen MR) is 123 cm³/mol. The number of methoxy groups -OCH3 is 1. The van der Waals surface area contributed by atoms with Crippen molar-refractivity contribution in [3.8, 4) is 11.5 Å². The topological polar surface area (TPSA) is 93.7 Å². The molecule has 0 fully saturated rings. The maximum atomic E-state index is 12.7. The Morgan fingerprint density at radius 2 is 1.87 bits per heavy atom. The van der Waals surface area contributed by atoms with Crippen molar-refractivity contribution in [1.82, 2.24) is 0 Å². The lowest BCUT2D eigenvalue weighted by Gasteiger charge is -2.14. The number of carbonyl (C=O) groups excluding carboxylic acids is 1. The van der Waals surface area contributed by atoms with E-state index in [9.17, 15) is 13.2 Å². The minimum atomic E-state index is -3.64. The van der Waals surface area contributed by atoms with Crippen LogP contribution >= 0.6 is 11.3 Å². The van der Waals surface area contributed by atoms with Crippen LogP contribution in [-0.4, -0.2) is 28.0 Å². The van der Waals surface area contributed by atoms with E-state index in [-0.39, 0.29) is 10.1 Å². The van der Waals surface area contributed by atoms with E-state index in [1.165, 1.54) is 6.07 Å². The molecular weight excluding hydrogens is 436 g/mol. The molecule has 1 amide bonds. The minimum absolute atomic E-state index is 0.225. The second-order valence-electron chi connectivity index (χ2n) is 6.63. The Labute approximate surface area is 186 Å². The third-order valence-corrected chi connectivity index (χ3v) is 7.13. The normalized spacial score (nSPS) is 11.0. The van der Waals surface area contributed by atoms with Gasteiger partial charge in [-0.25, -0.2) is 8.42 Å². The van der Waals surface area contributed by atoms with Gasteiger partial charge in [0.25, 0.3) is 15.9 Å². The van der Waals surface area contributed by atoms with E-state index < -0.39 is 10.0 Å². The number of hydrogen-bond donors (Lipinski definition) is 2. The highest BCUT2D eigenvalue weighted by molar-refractivity contribution is 7.94. The van der Waals surface area contributed by atoms with E-state index in [2.05, 4.69) is 17.0 Å². The number of benzene rings is 2. The van der Waals surface area contributed by atoms with Crippen molar-refractivity contribution in [1.29, 1.82) is 0 Å². The van der Waals surface area contributed by atoms with Crippen molar-refractivity contribution in [2.75, 3.05) is 23.8 Å². The number of amides is 1. The van der Waals surface area contributed by atoms with Gasteiger partial charge in [-0.3, -0.25) is 9.52 Å². The molecule has 3 aromatic rings. The van der Waals surface area contributed by atoms with Crippen LogP contribution in [0.25, 0.3) is 0 Å². The van der Waals surface area contributed by atoms with E-state index in [1.54, 1.807) is 61.0 Å². The number of nitrogens with one attached hydrogen (secondary N) is 2. The lowest BCUT2D eigenvalue weighted by molar-refractivity contribution is 0.102. The molecule has 1 heterocycles. The van der Waals surface area contributed by atoms with Crippen LogP contribution in [0.2, 0.25) is 0 Å². The van der Waals surface area contributed by atoms with E-state index in [0.717, 1.165) is 24.2 Å². The van der Waals surface area contributed by atoms with Crippen molar-refractivity contribution in [3.63, 3.8) is 0 Å². The number of rotatable bonds is 10. The van der Waals surface area contributed by atoms with Gasteiger partial charge in [0.1, 0.15) is 15.7 Å². The Kier molecular flexibility index (Phi) is 7.54. The maximum Gasteiger partial charge on any atom is 0.271 e. The molecule has 0 bridgehead atoms. The predicted octanol–water partition coefficient (Wildman–Crippen LogP) is 4.99. The third-order valence-electron chi connectivity index (χ3n) is 4.35. The van der Waals surface area contributed by atoms with Crippen molar-refractivity contribution >= 4 is 38.6 Å². The van der Waals surface area contributed by atoms with Crippen LogP contribution < -0.4 is 19.5 Å². The number of hydrogen-bond acceptors (Lipinski definition) is 6. The van der Waals surface area contributed by atoms with Gasteiger partial charge in [-0.05, 0) is 54.3 Å². The summed E-state index contributed by atoms with van der Waals surface area (Å²) in [6.45, 7) is 2.62. The smallest absolute Gasteiger partial charge is 0.271 e. The van der Waals surface area contributed by atoms with Gasteiger partial charge in [-0.2, -0.15) is 0 Å². The first-order valence-electron chi connectivity index (χ1n) is 9.71. The van der Waals surface area contributed by atoms with E-state index >= 15 is 0 Å². The molecule has 0 aliphatic heterocycles. The zero-order valence-corrected chi connectivity index (χ0v) is 18.9. The zero-order chi connectivity index (χ0) is 22.3. The number of sulfonamides is 1. The Morgan fingerprint density at radius 3 is 2.52 bits per heavy atom. The molecule has 0 unspecified atom stereocenters. The fourth-order valence-corrected chi connectivity index (χ4v) is 4.74. The first kappa shape index (κ1) is 22.6. The average Bonchev–Trinajstić information content (AvgIpc) is 3.31. The molecule has 2 N–H and O–H groups in total. The molecule has 0 aliphatic rings. The Balaban J connectivity index is 1.72. The van der Waals surface area contributed by atoms with Crippen molar-refractivity contribution in [3.05, 3.63) is 65.5 Å². The molecule has 2 aromatic carbocycles. The fourth-order valence-electron chi connectivity index (χ4n) is 2.69. The first-order chi connectivity index (χ1) is 14.9. The highest BCUT2D eigenvalue weighted by Crippen LogP contribution is 2.30. The fraction of sp³-hybridized carbons (Fsp3) is 0.227. The Morgan fingerprint density at radius 1 is 1.10 bits per heavy atom. The van der Waals surface area contributed by atoms with Crippen LogP contribution in [0.5, 0.6) is 11.5 Å². The van der Waals surface area contributed by atoms with Gasteiger partial charge in [0.05, 0.1) is 19.4 Å². The minimum Gasteiger partial charge on any atom is -0.497 e. The molecule has 0 saturated heterocycles. The number of ether oxygens (including phenoxy) is 2. The van der Waals surface area contributed by atoms with Crippen LogP contribution in [0.4, 0.5) is 11.4 Å². The second kappa shape index (κ2) is 10.3. The summed E-state index contributed by atoms with van der Waals surface area (Å²) in [4.78, 5) is 12.7. The molecule has 1 aromatic heterocycles. The van der Waals surface area contributed by atoms with Gasteiger partial charge in [0, 0.05) is 17.3 Å². The van der Waals surface area contributed by atoms with Gasteiger partial charge < -0.3 is 14.8 Å². The summed E-state index contributed by atoms with van der Waals surface area (Å²) in [5.74, 6) is 0.806. The number of anilines is 2. The summed E-state index contributed by atoms with van der Waals surface area (Å²) in [7, 11) is -2.09. The SMILES string of the molecule is CCCCOc1ccc(OC)cc1NC(=O)c1ccc(NS(=O)(=O)c2cccs2)cc1. The summed E-state index contributed by atoms with van der Waals surface area (Å²) in [5, 5.41) is 4.53. The molecule has 31 heavy (non-hydrogen) atoms. The Hall–Kier alpha value is -3.04. The van der Waals surface area contributed by atoms with Gasteiger partial charge in [0.15, 0.2) is 0 Å². The molecule has 0 spiro atoms. The average molecular weight is 461 g/mol. The van der Waals surface area contributed by atoms with Crippen LogP contribution in [-0.2, 0) is 10.0 Å². The maximum absolute atomic E-state index is 12.7. The summed E-state index contributed by atoms with van der Waals surface area (Å²) in [5.41, 5.74) is 1.25. The first-order valence-corrected chi connectivity index (χ1v) is 12.1.